The molecule has 0 atom stereocenters. The summed E-state index contributed by atoms with van der Waals surface area (Å²) in [6.45, 7) is 4.73. The molecule has 0 fully saturated rings. The SMILES string of the molecule is CCOc1cc(CNc2cccc(Cl)c2)ccc1OCC(=O)Nc1ccc(C)c(Cl)c1. The lowest BCUT2D eigenvalue weighted by Gasteiger charge is -2.14. The van der Waals surface area contributed by atoms with Crippen molar-refractivity contribution in [1.29, 1.82) is 0 Å². The van der Waals surface area contributed by atoms with Crippen LogP contribution >= 0.6 is 23.2 Å². The lowest BCUT2D eigenvalue weighted by atomic mass is 10.2. The van der Waals surface area contributed by atoms with Gasteiger partial charge in [-0.3, -0.25) is 4.79 Å². The van der Waals surface area contributed by atoms with Crippen molar-refractivity contribution in [3.8, 4) is 11.5 Å². The van der Waals surface area contributed by atoms with Crippen molar-refractivity contribution in [1.82, 2.24) is 0 Å². The second-order valence-corrected chi connectivity index (χ2v) is 7.72. The van der Waals surface area contributed by atoms with Crippen LogP contribution < -0.4 is 20.1 Å². The number of anilines is 2. The van der Waals surface area contributed by atoms with E-state index in [0.29, 0.717) is 40.4 Å². The zero-order valence-electron chi connectivity index (χ0n) is 17.4. The molecule has 0 aliphatic carbocycles. The number of rotatable bonds is 9. The molecule has 0 saturated heterocycles. The molecule has 0 heterocycles. The molecule has 3 aromatic rings. The molecule has 0 bridgehead atoms. The number of hydrogen-bond donors (Lipinski definition) is 2. The van der Waals surface area contributed by atoms with Crippen LogP contribution in [-0.2, 0) is 11.3 Å². The van der Waals surface area contributed by atoms with E-state index in [0.717, 1.165) is 16.8 Å². The van der Waals surface area contributed by atoms with Gasteiger partial charge in [0.05, 0.1) is 6.61 Å². The Hall–Kier alpha value is -2.89. The number of carbonyl (C=O) groups excluding carboxylic acids is 1. The van der Waals surface area contributed by atoms with Gasteiger partial charge in [0.15, 0.2) is 18.1 Å². The number of ether oxygens (including phenoxy) is 2. The van der Waals surface area contributed by atoms with Crippen molar-refractivity contribution < 1.29 is 14.3 Å². The minimum Gasteiger partial charge on any atom is -0.490 e. The standard InChI is InChI=1S/C24H24Cl2N2O3/c1-3-30-23-11-17(14-27-19-6-4-5-18(25)12-19)8-10-22(23)31-15-24(29)28-20-9-7-16(2)21(26)13-20/h4-13,27H,3,14-15H2,1-2H3,(H,28,29). The Labute approximate surface area is 192 Å². The highest BCUT2D eigenvalue weighted by atomic mass is 35.5. The molecule has 0 spiro atoms. The third-order valence-corrected chi connectivity index (χ3v) is 5.09. The number of benzene rings is 3. The Kier molecular flexibility index (Phi) is 8.04. The molecular weight excluding hydrogens is 435 g/mol. The van der Waals surface area contributed by atoms with Crippen LogP contribution in [0.4, 0.5) is 11.4 Å². The number of amides is 1. The lowest BCUT2D eigenvalue weighted by Crippen LogP contribution is -2.20. The van der Waals surface area contributed by atoms with Crippen LogP contribution in [0.2, 0.25) is 10.0 Å². The lowest BCUT2D eigenvalue weighted by molar-refractivity contribution is -0.118. The maximum atomic E-state index is 12.3. The fourth-order valence-corrected chi connectivity index (χ4v) is 3.23. The molecule has 1 amide bonds. The molecular formula is C24H24Cl2N2O3. The zero-order chi connectivity index (χ0) is 22.2. The minimum absolute atomic E-state index is 0.147. The first-order valence-electron chi connectivity index (χ1n) is 9.88. The molecule has 162 valence electrons. The average molecular weight is 459 g/mol. The van der Waals surface area contributed by atoms with Crippen molar-refractivity contribution >= 4 is 40.5 Å². The van der Waals surface area contributed by atoms with E-state index in [4.69, 9.17) is 32.7 Å². The van der Waals surface area contributed by atoms with Crippen LogP contribution in [-0.4, -0.2) is 19.1 Å². The molecule has 7 heteroatoms. The van der Waals surface area contributed by atoms with Gasteiger partial charge in [0.25, 0.3) is 5.91 Å². The van der Waals surface area contributed by atoms with Crippen LogP contribution in [0.15, 0.2) is 60.7 Å². The molecule has 0 radical (unpaired) electrons. The first-order chi connectivity index (χ1) is 14.9. The Bertz CT molecular complexity index is 1060. The third kappa shape index (κ3) is 6.81. The Balaban J connectivity index is 1.60. The highest BCUT2D eigenvalue weighted by Crippen LogP contribution is 2.29. The van der Waals surface area contributed by atoms with E-state index in [1.807, 2.05) is 56.3 Å². The first-order valence-corrected chi connectivity index (χ1v) is 10.6. The second-order valence-electron chi connectivity index (χ2n) is 6.88. The largest absolute Gasteiger partial charge is 0.490 e. The molecule has 5 nitrogen and oxygen atoms in total. The summed E-state index contributed by atoms with van der Waals surface area (Å²) in [4.78, 5) is 12.3. The van der Waals surface area contributed by atoms with E-state index in [9.17, 15) is 4.79 Å². The van der Waals surface area contributed by atoms with Gasteiger partial charge < -0.3 is 20.1 Å². The maximum absolute atomic E-state index is 12.3. The van der Waals surface area contributed by atoms with E-state index in [2.05, 4.69) is 10.6 Å². The van der Waals surface area contributed by atoms with E-state index in [1.54, 1.807) is 18.2 Å². The molecule has 0 unspecified atom stereocenters. The quantitative estimate of drug-likeness (QED) is 0.393. The third-order valence-electron chi connectivity index (χ3n) is 4.44. The summed E-state index contributed by atoms with van der Waals surface area (Å²) in [6, 6.07) is 18.5. The van der Waals surface area contributed by atoms with Crippen LogP contribution in [0.5, 0.6) is 11.5 Å². The van der Waals surface area contributed by atoms with Gasteiger partial charge in [-0.15, -0.1) is 0 Å². The van der Waals surface area contributed by atoms with Crippen molar-refractivity contribution in [2.75, 3.05) is 23.8 Å². The summed E-state index contributed by atoms with van der Waals surface area (Å²) in [6.07, 6.45) is 0. The fourth-order valence-electron chi connectivity index (χ4n) is 2.86. The van der Waals surface area contributed by atoms with E-state index in [1.165, 1.54) is 0 Å². The maximum Gasteiger partial charge on any atom is 0.262 e. The highest BCUT2D eigenvalue weighted by Gasteiger charge is 2.10. The van der Waals surface area contributed by atoms with E-state index < -0.39 is 0 Å². The zero-order valence-corrected chi connectivity index (χ0v) is 18.9. The number of halogens is 2. The molecule has 0 saturated carbocycles. The second kappa shape index (κ2) is 10.9. The predicted octanol–water partition coefficient (Wildman–Crippen LogP) is 6.33. The summed E-state index contributed by atoms with van der Waals surface area (Å²) in [5.74, 6) is 0.804. The summed E-state index contributed by atoms with van der Waals surface area (Å²) < 4.78 is 11.4. The molecule has 0 aromatic heterocycles. The van der Waals surface area contributed by atoms with E-state index >= 15 is 0 Å². The number of nitrogens with one attached hydrogen (secondary N) is 2. The monoisotopic (exact) mass is 458 g/mol. The Morgan fingerprint density at radius 3 is 2.52 bits per heavy atom. The normalized spacial score (nSPS) is 10.5. The molecule has 2 N–H and O–H groups in total. The van der Waals surface area contributed by atoms with E-state index in [-0.39, 0.29) is 12.5 Å². The van der Waals surface area contributed by atoms with Gasteiger partial charge in [-0.1, -0.05) is 41.4 Å². The van der Waals surface area contributed by atoms with Crippen LogP contribution in [0.1, 0.15) is 18.1 Å². The van der Waals surface area contributed by atoms with Gasteiger partial charge in [0.2, 0.25) is 0 Å². The van der Waals surface area contributed by atoms with Crippen LogP contribution in [0.3, 0.4) is 0 Å². The average Bonchev–Trinajstić information content (AvgIpc) is 2.74. The molecule has 3 aromatic carbocycles. The summed E-state index contributed by atoms with van der Waals surface area (Å²) >= 11 is 12.1. The topological polar surface area (TPSA) is 59.6 Å². The first kappa shape index (κ1) is 22.8. The van der Waals surface area contributed by atoms with Gasteiger partial charge in [-0.2, -0.15) is 0 Å². The fraction of sp³-hybridized carbons (Fsp3) is 0.208. The van der Waals surface area contributed by atoms with Gasteiger partial charge in [-0.25, -0.2) is 0 Å². The van der Waals surface area contributed by atoms with Crippen molar-refractivity contribution in [2.24, 2.45) is 0 Å². The molecule has 31 heavy (non-hydrogen) atoms. The molecule has 0 aliphatic rings. The molecule has 3 rings (SSSR count). The number of hydrogen-bond acceptors (Lipinski definition) is 4. The van der Waals surface area contributed by atoms with Crippen molar-refractivity contribution in [3.63, 3.8) is 0 Å². The van der Waals surface area contributed by atoms with Crippen LogP contribution in [0.25, 0.3) is 0 Å². The Morgan fingerprint density at radius 1 is 0.935 bits per heavy atom. The Morgan fingerprint density at radius 2 is 1.77 bits per heavy atom. The molecule has 0 aliphatic heterocycles. The number of carbonyl (C=O) groups is 1. The smallest absolute Gasteiger partial charge is 0.262 e. The predicted molar refractivity (Wildman–Crippen MR) is 127 cm³/mol. The minimum atomic E-state index is -0.283. The van der Waals surface area contributed by atoms with Gasteiger partial charge in [0.1, 0.15) is 0 Å². The van der Waals surface area contributed by atoms with Gasteiger partial charge in [0, 0.05) is 28.0 Å². The summed E-state index contributed by atoms with van der Waals surface area (Å²) in [7, 11) is 0. The van der Waals surface area contributed by atoms with Crippen molar-refractivity contribution in [2.45, 2.75) is 20.4 Å². The number of aryl methyl sites for hydroxylation is 1. The van der Waals surface area contributed by atoms with Gasteiger partial charge >= 0.3 is 0 Å². The van der Waals surface area contributed by atoms with Crippen molar-refractivity contribution in [3.05, 3.63) is 81.8 Å². The van der Waals surface area contributed by atoms with Crippen LogP contribution in [0, 0.1) is 6.92 Å². The highest BCUT2D eigenvalue weighted by molar-refractivity contribution is 6.31. The van der Waals surface area contributed by atoms with Gasteiger partial charge in [-0.05, 0) is 67.4 Å². The summed E-state index contributed by atoms with van der Waals surface area (Å²) in [5, 5.41) is 7.37. The summed E-state index contributed by atoms with van der Waals surface area (Å²) in [5.41, 5.74) is 3.51.